The molecule has 0 saturated carbocycles. The third-order valence-corrected chi connectivity index (χ3v) is 0. The molecule has 0 saturated heterocycles. The maximum absolute atomic E-state index is 8.42. The van der Waals surface area contributed by atoms with E-state index in [0.29, 0.717) is 0 Å². The molecule has 4 nitrogen and oxygen atoms in total. The predicted octanol–water partition coefficient (Wildman–Crippen LogP) is -3.35. The first kappa shape index (κ1) is 51.7. The van der Waals surface area contributed by atoms with Crippen molar-refractivity contribution in [3.05, 3.63) is 0 Å². The molecule has 0 aliphatic carbocycles. The van der Waals surface area contributed by atoms with Crippen molar-refractivity contribution < 1.29 is 52.5 Å². The van der Waals surface area contributed by atoms with Crippen molar-refractivity contribution in [1.82, 2.24) is 0 Å². The van der Waals surface area contributed by atoms with E-state index in [4.69, 9.17) is 0.470 Å². The average Bonchev–Trinajstić information content (AvgIpc) is 1.00. The molecule has 0 atom stereocenters. The number of hydrogen-bond acceptors (Lipinski definition) is 1. The van der Waals surface area contributed by atoms with Gasteiger partial charge in [0.1, 0.15) is 0 Å². The Balaban J connectivity index is -0.000000000500. The van der Waals surface area contributed by atoms with Gasteiger partial charge >= 0.3 is 43.9 Å². The molecule has 0 aliphatic rings. The summed E-state index contributed by atoms with van der Waals surface area (Å²) in [5, 5.41) is 0. The Labute approximate surface area is 111 Å². The van der Waals surface area contributed by atoms with Crippen molar-refractivity contribution in [3.8, 4) is 0 Å². The number of hydrogen-bond donors (Lipinski definition) is 0. The Morgan fingerprint density at radius 3 is 0.857 bits per heavy atom. The van der Waals surface area contributed by atoms with Gasteiger partial charge in [0.2, 0.25) is 0 Å². The van der Waals surface area contributed by atoms with Gasteiger partial charge in [0.25, 0.3) is 0 Å². The topological polar surface area (TPSA) is 112 Å². The van der Waals surface area contributed by atoms with E-state index in [2.05, 4.69) is 0 Å². The maximum atomic E-state index is 8.42. The molecule has 0 aliphatic heterocycles. The molecule has 7 heteroatoms. The van der Waals surface area contributed by atoms with E-state index in [1.807, 2.05) is 0 Å². The predicted molar refractivity (Wildman–Crippen MR) is 23.0 cm³/mol. The third kappa shape index (κ3) is 50.6. The summed E-state index contributed by atoms with van der Waals surface area (Å²) in [5.41, 5.74) is 0. The van der Waals surface area contributed by atoms with Crippen LogP contribution >= 0.6 is 0 Å². The third-order valence-electron chi connectivity index (χ3n) is 0. The van der Waals surface area contributed by atoms with E-state index in [1.54, 1.807) is 0 Å². The quantitative estimate of drug-likeness (QED) is 0.426. The molecule has 0 spiro atoms. The van der Waals surface area contributed by atoms with Crippen molar-refractivity contribution in [2.75, 3.05) is 0 Å². The van der Waals surface area contributed by atoms with Crippen LogP contribution in [0.1, 0.15) is 0 Å². The summed E-state index contributed by atoms with van der Waals surface area (Å²) < 4.78 is 8.42. The van der Waals surface area contributed by atoms with Crippen LogP contribution in [-0.4, -0.2) is 77.2 Å². The van der Waals surface area contributed by atoms with Crippen molar-refractivity contribution >= 4 is 60.8 Å². The average molecular weight is 324 g/mol. The summed E-state index contributed by atoms with van der Waals surface area (Å²) in [6.07, 6.45) is 0. The number of rotatable bonds is 0. The second-order valence-corrected chi connectivity index (χ2v) is 0. The van der Waals surface area contributed by atoms with Crippen LogP contribution in [0.3, 0.4) is 0 Å². The van der Waals surface area contributed by atoms with Crippen molar-refractivity contribution in [3.63, 3.8) is 0 Å². The Kier molecular flexibility index (Phi) is 490. The van der Waals surface area contributed by atoms with Crippen LogP contribution in [0.15, 0.2) is 0 Å². The monoisotopic (exact) mass is 324 g/mol. The minimum absolute atomic E-state index is 0. The zero-order valence-electron chi connectivity index (χ0n) is 3.77. The molecule has 0 heterocycles. The SMILES string of the molecule is O.O.O.[Al].[La].[O]=[Sr]. The standard InChI is InChI=1S/Al.La.3H2O.O.Sr/h;;3*1H2;;. The summed E-state index contributed by atoms with van der Waals surface area (Å²) in [5.74, 6) is 0. The van der Waals surface area contributed by atoms with Crippen molar-refractivity contribution in [1.29, 1.82) is 0 Å². The fraction of sp³-hybridized carbons (Fsp3) is 0. The first-order valence-electron chi connectivity index (χ1n) is 0.289. The van der Waals surface area contributed by atoms with Crippen LogP contribution in [0.5, 0.6) is 0 Å². The Morgan fingerprint density at radius 1 is 0.857 bits per heavy atom. The Morgan fingerprint density at radius 2 is 0.857 bits per heavy atom. The van der Waals surface area contributed by atoms with Crippen LogP contribution in [-0.2, 0) is 0.470 Å². The summed E-state index contributed by atoms with van der Waals surface area (Å²) in [6, 6.07) is 0. The first-order valence-corrected chi connectivity index (χ1v) is 1.71. The van der Waals surface area contributed by atoms with E-state index >= 15 is 0 Å². The van der Waals surface area contributed by atoms with Gasteiger partial charge in [-0.2, -0.15) is 0 Å². The summed E-state index contributed by atoms with van der Waals surface area (Å²) in [7, 11) is 0. The van der Waals surface area contributed by atoms with Gasteiger partial charge in [-0.15, -0.1) is 0 Å². The van der Waals surface area contributed by atoms with Gasteiger partial charge in [-0.1, -0.05) is 0 Å². The zero-order valence-corrected chi connectivity index (χ0v) is 12.0. The Bertz CT molecular complexity index is 11.7. The minimum atomic E-state index is -0.1000. The van der Waals surface area contributed by atoms with Gasteiger partial charge in [0.05, 0.1) is 0 Å². The van der Waals surface area contributed by atoms with Gasteiger partial charge in [0, 0.05) is 53.0 Å². The van der Waals surface area contributed by atoms with Gasteiger partial charge in [-0.25, -0.2) is 0 Å². The molecule has 0 aromatic heterocycles. The molecule has 0 amide bonds. The molecule has 6 N–H and O–H groups in total. The summed E-state index contributed by atoms with van der Waals surface area (Å²) in [4.78, 5) is 0. The molecule has 7 heavy (non-hydrogen) atoms. The van der Waals surface area contributed by atoms with Gasteiger partial charge in [-0.3, -0.25) is 0 Å². The molecule has 4 radical (unpaired) electrons. The Hall–Kier alpha value is 2.89. The van der Waals surface area contributed by atoms with E-state index in [1.165, 1.54) is 0 Å². The second-order valence-electron chi connectivity index (χ2n) is 0. The fourth-order valence-corrected chi connectivity index (χ4v) is 0. The molecule has 38 valence electrons. The van der Waals surface area contributed by atoms with Crippen LogP contribution in [0, 0.1) is 35.6 Å². The summed E-state index contributed by atoms with van der Waals surface area (Å²) >= 11 is -0.1000. The van der Waals surface area contributed by atoms with E-state index in [0.717, 1.165) is 0 Å². The van der Waals surface area contributed by atoms with Crippen LogP contribution in [0.25, 0.3) is 0 Å². The van der Waals surface area contributed by atoms with Crippen molar-refractivity contribution in [2.24, 2.45) is 0 Å². The molecule has 0 rings (SSSR count). The van der Waals surface area contributed by atoms with Crippen LogP contribution in [0.4, 0.5) is 0 Å². The molecule has 0 bridgehead atoms. The van der Waals surface area contributed by atoms with Gasteiger partial charge < -0.3 is 16.4 Å². The van der Waals surface area contributed by atoms with Crippen molar-refractivity contribution in [2.45, 2.75) is 0 Å². The van der Waals surface area contributed by atoms with E-state index in [9.17, 15) is 0 Å². The molecule has 0 fully saturated rings. The fourth-order valence-electron chi connectivity index (χ4n) is 0. The van der Waals surface area contributed by atoms with Gasteiger partial charge in [0.15, 0.2) is 0 Å². The normalized spacial score (nSPS) is 0.857. The van der Waals surface area contributed by atoms with E-state index < -0.39 is 0 Å². The van der Waals surface area contributed by atoms with Crippen LogP contribution < -0.4 is 0 Å². The molecular formula is H6AlLaO4Sr. The summed E-state index contributed by atoms with van der Waals surface area (Å²) in [6.45, 7) is 0. The van der Waals surface area contributed by atoms with Crippen LogP contribution in [0.2, 0.25) is 0 Å². The molecule has 0 unspecified atom stereocenters. The molecule has 0 aromatic rings. The van der Waals surface area contributed by atoms with E-state index in [-0.39, 0.29) is 113 Å². The van der Waals surface area contributed by atoms with Gasteiger partial charge in [-0.05, 0) is 0 Å². The second kappa shape index (κ2) is 66.3. The molecular weight excluding hydrogens is 318 g/mol. The zero-order chi connectivity index (χ0) is 2.00. The first-order chi connectivity index (χ1) is 1.00. The molecule has 0 aromatic carbocycles.